The number of nitrogens with one attached hydrogen (secondary N) is 2. The van der Waals surface area contributed by atoms with Crippen molar-refractivity contribution in [2.24, 2.45) is 4.99 Å². The predicted molar refractivity (Wildman–Crippen MR) is 106 cm³/mol. The summed E-state index contributed by atoms with van der Waals surface area (Å²) in [6.45, 7) is 2.01. The van der Waals surface area contributed by atoms with Crippen molar-refractivity contribution in [1.29, 1.82) is 0 Å². The smallest absolute Gasteiger partial charge is 0.355 e. The molecule has 2 fully saturated rings. The Balaban J connectivity index is 0.00000312. The molecule has 148 valence electrons. The Morgan fingerprint density at radius 2 is 1.92 bits per heavy atom. The largest absolute Gasteiger partial charge is 0.401 e. The van der Waals surface area contributed by atoms with E-state index in [0.717, 1.165) is 25.6 Å². The zero-order valence-electron chi connectivity index (χ0n) is 15.1. The molecule has 0 bridgehead atoms. The van der Waals surface area contributed by atoms with Crippen LogP contribution in [0.15, 0.2) is 4.99 Å². The van der Waals surface area contributed by atoms with Crippen LogP contribution >= 0.6 is 24.0 Å². The number of hydrogen-bond acceptors (Lipinski definition) is 3. The number of nitrogens with zero attached hydrogens (tertiary/aromatic N) is 3. The molecule has 0 aromatic rings. The van der Waals surface area contributed by atoms with Crippen LogP contribution in [0.5, 0.6) is 0 Å². The molecule has 1 atom stereocenters. The molecule has 0 spiro atoms. The zero-order chi connectivity index (χ0) is 17.6. The Bertz CT molecular complexity index is 413. The summed E-state index contributed by atoms with van der Waals surface area (Å²) in [6, 6.07) is 1.10. The highest BCUT2D eigenvalue weighted by Gasteiger charge is 2.30. The van der Waals surface area contributed by atoms with E-state index in [1.807, 2.05) is 0 Å². The predicted octanol–water partition coefficient (Wildman–Crippen LogP) is 2.28. The normalized spacial score (nSPS) is 23.1. The number of hydrogen-bond donors (Lipinski definition) is 2. The molecule has 2 N–H and O–H groups in total. The van der Waals surface area contributed by atoms with Crippen molar-refractivity contribution in [3.8, 4) is 0 Å². The number of aliphatic imine (C=N–C) groups is 1. The van der Waals surface area contributed by atoms with Gasteiger partial charge in [0.05, 0.1) is 6.54 Å². The fourth-order valence-electron chi connectivity index (χ4n) is 3.64. The van der Waals surface area contributed by atoms with Crippen molar-refractivity contribution < 1.29 is 13.2 Å². The van der Waals surface area contributed by atoms with Crippen LogP contribution in [0.2, 0.25) is 0 Å². The van der Waals surface area contributed by atoms with Gasteiger partial charge in [0.25, 0.3) is 0 Å². The van der Waals surface area contributed by atoms with Gasteiger partial charge >= 0.3 is 6.18 Å². The molecule has 1 saturated carbocycles. The van der Waals surface area contributed by atoms with E-state index in [9.17, 15) is 13.2 Å². The molecule has 2 rings (SSSR count). The lowest BCUT2D eigenvalue weighted by Gasteiger charge is -2.24. The van der Waals surface area contributed by atoms with E-state index in [4.69, 9.17) is 0 Å². The Hall–Kier alpha value is -0.290. The van der Waals surface area contributed by atoms with Gasteiger partial charge in [-0.3, -0.25) is 14.8 Å². The highest BCUT2D eigenvalue weighted by Crippen LogP contribution is 2.26. The van der Waals surface area contributed by atoms with E-state index in [1.54, 1.807) is 7.05 Å². The Morgan fingerprint density at radius 1 is 1.24 bits per heavy atom. The van der Waals surface area contributed by atoms with Crippen molar-refractivity contribution in [2.45, 2.75) is 50.4 Å². The molecule has 1 unspecified atom stereocenters. The van der Waals surface area contributed by atoms with E-state index in [0.29, 0.717) is 25.1 Å². The lowest BCUT2D eigenvalue weighted by Crippen LogP contribution is -2.47. The first-order chi connectivity index (χ1) is 11.4. The molecule has 0 amide bonds. The Kier molecular flexibility index (Phi) is 9.79. The molecule has 1 heterocycles. The van der Waals surface area contributed by atoms with E-state index in [1.165, 1.54) is 37.6 Å². The van der Waals surface area contributed by atoms with Crippen molar-refractivity contribution >= 4 is 29.9 Å². The minimum Gasteiger partial charge on any atom is -0.355 e. The second-order valence-electron chi connectivity index (χ2n) is 6.92. The molecule has 25 heavy (non-hydrogen) atoms. The van der Waals surface area contributed by atoms with Crippen LogP contribution < -0.4 is 10.6 Å². The third-order valence-electron chi connectivity index (χ3n) is 4.86. The van der Waals surface area contributed by atoms with Crippen molar-refractivity contribution in [3.05, 3.63) is 0 Å². The van der Waals surface area contributed by atoms with Gasteiger partial charge in [0.15, 0.2) is 5.96 Å². The van der Waals surface area contributed by atoms with Gasteiger partial charge in [-0.25, -0.2) is 0 Å². The molecule has 0 aromatic carbocycles. The quantitative estimate of drug-likeness (QED) is 0.350. The summed E-state index contributed by atoms with van der Waals surface area (Å²) in [7, 11) is 3.17. The van der Waals surface area contributed by atoms with Gasteiger partial charge in [-0.1, -0.05) is 12.8 Å². The first-order valence-electron chi connectivity index (χ1n) is 8.84. The number of rotatable bonds is 6. The van der Waals surface area contributed by atoms with E-state index >= 15 is 0 Å². The van der Waals surface area contributed by atoms with Gasteiger partial charge in [-0.15, -0.1) is 24.0 Å². The van der Waals surface area contributed by atoms with Crippen LogP contribution in [-0.4, -0.2) is 80.8 Å². The fraction of sp³-hybridized carbons (Fsp3) is 0.938. The molecule has 2 aliphatic rings. The summed E-state index contributed by atoms with van der Waals surface area (Å²) in [6.07, 6.45) is 2.24. The average Bonchev–Trinajstić information content (AvgIpc) is 3.15. The molecule has 1 aliphatic heterocycles. The van der Waals surface area contributed by atoms with E-state index < -0.39 is 12.7 Å². The van der Waals surface area contributed by atoms with Crippen LogP contribution in [0.3, 0.4) is 0 Å². The second-order valence-corrected chi connectivity index (χ2v) is 6.92. The SMILES string of the molecule is CN=C(NCCN(C)CC(F)(F)F)NC1CCN(C2CCCC2)C1.I. The third kappa shape index (κ3) is 8.29. The summed E-state index contributed by atoms with van der Waals surface area (Å²) in [5.74, 6) is 0.675. The molecule has 0 radical (unpaired) electrons. The maximum atomic E-state index is 12.3. The lowest BCUT2D eigenvalue weighted by atomic mass is 10.2. The van der Waals surface area contributed by atoms with Gasteiger partial charge in [-0.2, -0.15) is 13.2 Å². The Labute approximate surface area is 165 Å². The van der Waals surface area contributed by atoms with Crippen LogP contribution in [0.1, 0.15) is 32.1 Å². The molecular formula is C16H31F3IN5. The maximum Gasteiger partial charge on any atom is 0.401 e. The molecular weight excluding hydrogens is 446 g/mol. The van der Waals surface area contributed by atoms with E-state index in [2.05, 4.69) is 20.5 Å². The molecule has 1 aliphatic carbocycles. The number of likely N-dealkylation sites (N-methyl/N-ethyl adjacent to an activating group) is 1. The van der Waals surface area contributed by atoms with Crippen LogP contribution in [0.4, 0.5) is 13.2 Å². The summed E-state index contributed by atoms with van der Waals surface area (Å²) in [4.78, 5) is 8.01. The number of alkyl halides is 3. The Morgan fingerprint density at radius 3 is 2.52 bits per heavy atom. The first kappa shape index (κ1) is 22.8. The monoisotopic (exact) mass is 477 g/mol. The van der Waals surface area contributed by atoms with Crippen molar-refractivity contribution in [2.75, 3.05) is 46.8 Å². The minimum atomic E-state index is -4.15. The van der Waals surface area contributed by atoms with Crippen molar-refractivity contribution in [1.82, 2.24) is 20.4 Å². The molecule has 9 heteroatoms. The summed E-state index contributed by atoms with van der Waals surface area (Å²) < 4.78 is 36.9. The minimum absolute atomic E-state index is 0. The topological polar surface area (TPSA) is 42.9 Å². The summed E-state index contributed by atoms with van der Waals surface area (Å²) in [5, 5.41) is 6.51. The molecule has 0 aromatic heterocycles. The number of likely N-dealkylation sites (tertiary alicyclic amines) is 1. The second kappa shape index (κ2) is 10.8. The molecule has 5 nitrogen and oxygen atoms in total. The highest BCUT2D eigenvalue weighted by molar-refractivity contribution is 14.0. The highest BCUT2D eigenvalue weighted by atomic mass is 127. The summed E-state index contributed by atoms with van der Waals surface area (Å²) >= 11 is 0. The van der Waals surface area contributed by atoms with Gasteiger partial charge in [0.1, 0.15) is 0 Å². The average molecular weight is 477 g/mol. The maximum absolute atomic E-state index is 12.3. The summed E-state index contributed by atoms with van der Waals surface area (Å²) in [5.41, 5.74) is 0. The number of guanidine groups is 1. The van der Waals surface area contributed by atoms with Crippen LogP contribution in [0.25, 0.3) is 0 Å². The van der Waals surface area contributed by atoms with Gasteiger partial charge in [-0.05, 0) is 26.3 Å². The number of halogens is 4. The van der Waals surface area contributed by atoms with Gasteiger partial charge < -0.3 is 10.6 Å². The zero-order valence-corrected chi connectivity index (χ0v) is 17.4. The van der Waals surface area contributed by atoms with Crippen LogP contribution in [0, 0.1) is 0 Å². The van der Waals surface area contributed by atoms with E-state index in [-0.39, 0.29) is 24.0 Å². The van der Waals surface area contributed by atoms with Crippen LogP contribution in [-0.2, 0) is 0 Å². The fourth-order valence-corrected chi connectivity index (χ4v) is 3.64. The first-order valence-corrected chi connectivity index (χ1v) is 8.84. The lowest BCUT2D eigenvalue weighted by molar-refractivity contribution is -0.142. The molecule has 1 saturated heterocycles. The van der Waals surface area contributed by atoms with Gasteiger partial charge in [0, 0.05) is 45.3 Å². The standard InChI is InChI=1S/C16H30F3N5.HI/c1-20-15(21-8-10-23(2)12-16(17,18)19)22-13-7-9-24(11-13)14-5-3-4-6-14;/h13-14H,3-12H2,1-2H3,(H2,20,21,22);1H. The van der Waals surface area contributed by atoms with Crippen molar-refractivity contribution in [3.63, 3.8) is 0 Å². The third-order valence-corrected chi connectivity index (χ3v) is 4.86. The van der Waals surface area contributed by atoms with Gasteiger partial charge in [0.2, 0.25) is 0 Å².